The molecule has 0 aliphatic carbocycles. The third-order valence-corrected chi connectivity index (χ3v) is 6.56. The lowest BCUT2D eigenvalue weighted by atomic mass is 9.76. The number of rotatable bonds is 6. The summed E-state index contributed by atoms with van der Waals surface area (Å²) < 4.78 is 12.9. The molecule has 0 aliphatic rings. The Bertz CT molecular complexity index is 1610. The molecule has 0 bridgehead atoms. The number of carbonyl (C=O) groups is 1. The molecule has 4 aromatic carbocycles. The second-order valence-electron chi connectivity index (χ2n) is 8.55. The van der Waals surface area contributed by atoms with E-state index >= 15 is 0 Å². The van der Waals surface area contributed by atoms with Crippen LogP contribution in [0.15, 0.2) is 135 Å². The molecule has 5 heteroatoms. The highest BCUT2D eigenvalue weighted by molar-refractivity contribution is 5.83. The lowest BCUT2D eigenvalue weighted by molar-refractivity contribution is 0.110. The highest BCUT2D eigenvalue weighted by Crippen LogP contribution is 2.42. The Hall–Kier alpha value is -4.90. The van der Waals surface area contributed by atoms with Gasteiger partial charge in [0.1, 0.15) is 5.54 Å². The molecule has 6 aromatic rings. The van der Waals surface area contributed by atoms with Crippen molar-refractivity contribution in [2.24, 2.45) is 0 Å². The van der Waals surface area contributed by atoms with Gasteiger partial charge in [0.15, 0.2) is 17.6 Å². The molecule has 0 amide bonds. The maximum Gasteiger partial charge on any atom is 0.421 e. The van der Waals surface area contributed by atoms with Gasteiger partial charge in [-0.3, -0.25) is 9.36 Å². The Morgan fingerprint density at radius 2 is 1.22 bits per heavy atom. The van der Waals surface area contributed by atoms with Crippen molar-refractivity contribution in [2.45, 2.75) is 5.54 Å². The second-order valence-corrected chi connectivity index (χ2v) is 8.55. The van der Waals surface area contributed by atoms with Crippen LogP contribution in [0.3, 0.4) is 0 Å². The maximum absolute atomic E-state index is 13.7. The Labute approximate surface area is 206 Å². The zero-order valence-corrected chi connectivity index (χ0v) is 19.2. The number of benzene rings is 4. The van der Waals surface area contributed by atoms with Crippen LogP contribution in [0.25, 0.3) is 22.2 Å². The van der Waals surface area contributed by atoms with E-state index in [1.807, 2.05) is 103 Å². The van der Waals surface area contributed by atoms with Crippen LogP contribution >= 0.6 is 0 Å². The zero-order valence-electron chi connectivity index (χ0n) is 19.2. The van der Waals surface area contributed by atoms with Crippen LogP contribution in [0.4, 0.5) is 0 Å². The summed E-state index contributed by atoms with van der Waals surface area (Å²) in [4.78, 5) is 24.8. The molecule has 6 rings (SSSR count). The maximum atomic E-state index is 13.7. The van der Waals surface area contributed by atoms with Crippen molar-refractivity contribution in [2.75, 3.05) is 0 Å². The van der Waals surface area contributed by atoms with Gasteiger partial charge in [0, 0.05) is 5.56 Å². The van der Waals surface area contributed by atoms with E-state index in [1.165, 1.54) is 6.26 Å². The van der Waals surface area contributed by atoms with Crippen molar-refractivity contribution >= 4 is 17.4 Å². The summed E-state index contributed by atoms with van der Waals surface area (Å²) in [6, 6.07) is 37.2. The van der Waals surface area contributed by atoms with E-state index in [2.05, 4.69) is 0 Å². The van der Waals surface area contributed by atoms with Crippen LogP contribution < -0.4 is 5.76 Å². The number of hydrogen-bond acceptors (Lipinski definition) is 4. The largest absolute Gasteiger partial charge is 0.461 e. The Morgan fingerprint density at radius 1 is 0.667 bits per heavy atom. The second kappa shape index (κ2) is 8.71. The summed E-state index contributed by atoms with van der Waals surface area (Å²) >= 11 is 0. The van der Waals surface area contributed by atoms with Crippen molar-refractivity contribution in [1.29, 1.82) is 0 Å². The van der Waals surface area contributed by atoms with E-state index in [0.717, 1.165) is 27.8 Å². The fraction of sp³-hybridized carbons (Fsp3) is 0.0323. The molecule has 0 unspecified atom stereocenters. The molecule has 0 saturated heterocycles. The van der Waals surface area contributed by atoms with Gasteiger partial charge in [-0.05, 0) is 40.5 Å². The zero-order chi connectivity index (χ0) is 24.5. The van der Waals surface area contributed by atoms with Crippen molar-refractivity contribution in [3.63, 3.8) is 0 Å². The topological polar surface area (TPSA) is 65.3 Å². The minimum absolute atomic E-state index is 0.236. The van der Waals surface area contributed by atoms with Gasteiger partial charge in [0.2, 0.25) is 0 Å². The average molecular weight is 472 g/mol. The number of fused-ring (bicyclic) bond motifs is 1. The lowest BCUT2D eigenvalue weighted by Gasteiger charge is -2.36. The molecule has 0 radical (unpaired) electrons. The van der Waals surface area contributed by atoms with E-state index in [9.17, 15) is 9.59 Å². The SMILES string of the molecule is O=Cc1cc(-c2ccc3c(c2)oc(=O)n3C(c2ccccc2)(c2ccccc2)c2ccccc2)co1. The van der Waals surface area contributed by atoms with Gasteiger partial charge < -0.3 is 8.83 Å². The molecule has 5 nitrogen and oxygen atoms in total. The van der Waals surface area contributed by atoms with Gasteiger partial charge >= 0.3 is 5.76 Å². The summed E-state index contributed by atoms with van der Waals surface area (Å²) in [7, 11) is 0. The Balaban J connectivity index is 1.70. The van der Waals surface area contributed by atoms with Crippen molar-refractivity contribution in [3.05, 3.63) is 155 Å². The smallest absolute Gasteiger partial charge is 0.421 e. The third-order valence-electron chi connectivity index (χ3n) is 6.56. The Kier molecular flexibility index (Phi) is 5.23. The van der Waals surface area contributed by atoms with E-state index < -0.39 is 11.3 Å². The number of furan rings is 1. The molecule has 0 N–H and O–H groups in total. The molecule has 0 atom stereocenters. The third kappa shape index (κ3) is 3.33. The van der Waals surface area contributed by atoms with E-state index in [4.69, 9.17) is 8.83 Å². The number of hydrogen-bond donors (Lipinski definition) is 0. The van der Waals surface area contributed by atoms with Gasteiger partial charge in [-0.15, -0.1) is 0 Å². The summed E-state index contributed by atoms with van der Waals surface area (Å²) in [5.41, 5.74) is 4.43. The van der Waals surface area contributed by atoms with E-state index in [1.54, 1.807) is 16.7 Å². The summed E-state index contributed by atoms with van der Waals surface area (Å²) in [6.45, 7) is 0. The summed E-state index contributed by atoms with van der Waals surface area (Å²) in [5.74, 6) is -0.236. The number of nitrogens with zero attached hydrogens (tertiary/aromatic N) is 1. The molecule has 2 heterocycles. The van der Waals surface area contributed by atoms with Crippen LogP contribution in [0.1, 0.15) is 27.2 Å². The number of aldehydes is 1. The monoisotopic (exact) mass is 471 g/mol. The average Bonchev–Trinajstić information content (AvgIpc) is 3.55. The molecule has 0 aliphatic heterocycles. The van der Waals surface area contributed by atoms with Crippen LogP contribution in [-0.4, -0.2) is 10.9 Å². The first-order chi connectivity index (χ1) is 17.7. The fourth-order valence-corrected chi connectivity index (χ4v) is 5.01. The summed E-state index contributed by atoms with van der Waals surface area (Å²) in [6.07, 6.45) is 2.18. The van der Waals surface area contributed by atoms with Crippen molar-refractivity contribution < 1.29 is 13.6 Å². The van der Waals surface area contributed by atoms with Crippen LogP contribution in [0.2, 0.25) is 0 Å². The van der Waals surface area contributed by atoms with Crippen LogP contribution in [-0.2, 0) is 5.54 Å². The lowest BCUT2D eigenvalue weighted by Crippen LogP contribution is -2.42. The number of carbonyl (C=O) groups excluding carboxylic acids is 1. The highest BCUT2D eigenvalue weighted by Gasteiger charge is 2.41. The van der Waals surface area contributed by atoms with E-state index in [-0.39, 0.29) is 5.76 Å². The van der Waals surface area contributed by atoms with Gasteiger partial charge in [0.05, 0.1) is 11.8 Å². The first-order valence-corrected chi connectivity index (χ1v) is 11.6. The normalized spacial score (nSPS) is 11.6. The van der Waals surface area contributed by atoms with Gasteiger partial charge in [-0.2, -0.15) is 0 Å². The van der Waals surface area contributed by atoms with Crippen LogP contribution in [0, 0.1) is 0 Å². The predicted molar refractivity (Wildman–Crippen MR) is 138 cm³/mol. The predicted octanol–water partition coefficient (Wildman–Crippen LogP) is 6.51. The van der Waals surface area contributed by atoms with Gasteiger partial charge in [-0.25, -0.2) is 4.79 Å². The van der Waals surface area contributed by atoms with Crippen LogP contribution in [0.5, 0.6) is 0 Å². The van der Waals surface area contributed by atoms with E-state index in [0.29, 0.717) is 17.4 Å². The molecular weight excluding hydrogens is 450 g/mol. The Morgan fingerprint density at radius 3 is 1.72 bits per heavy atom. The highest BCUT2D eigenvalue weighted by atomic mass is 16.4. The number of oxazole rings is 1. The summed E-state index contributed by atoms with van der Waals surface area (Å²) in [5, 5.41) is 0. The standard InChI is InChI=1S/C31H21NO4/c33-20-27-18-23(21-35-27)22-16-17-28-29(19-22)36-30(34)32(28)31(24-10-4-1-5-11-24,25-12-6-2-7-13-25)26-14-8-3-9-15-26/h1-21H. The minimum atomic E-state index is -0.978. The van der Waals surface area contributed by atoms with Crippen molar-refractivity contribution in [1.82, 2.24) is 4.57 Å². The first-order valence-electron chi connectivity index (χ1n) is 11.6. The molecule has 174 valence electrons. The van der Waals surface area contributed by atoms with Gasteiger partial charge in [-0.1, -0.05) is 97.1 Å². The number of aromatic nitrogens is 1. The molecule has 2 aromatic heterocycles. The molecule has 0 spiro atoms. The molecular formula is C31H21NO4. The first kappa shape index (κ1) is 21.6. The molecule has 36 heavy (non-hydrogen) atoms. The fourth-order valence-electron chi connectivity index (χ4n) is 5.01. The minimum Gasteiger partial charge on any atom is -0.461 e. The molecule has 0 fully saturated rings. The van der Waals surface area contributed by atoms with Crippen molar-refractivity contribution in [3.8, 4) is 11.1 Å². The van der Waals surface area contributed by atoms with Gasteiger partial charge in [0.25, 0.3) is 0 Å². The molecule has 0 saturated carbocycles. The quantitative estimate of drug-likeness (QED) is 0.205.